The van der Waals surface area contributed by atoms with E-state index >= 15 is 0 Å². The highest BCUT2D eigenvalue weighted by molar-refractivity contribution is 6.32. The molecule has 3 nitrogen and oxygen atoms in total. The molecule has 0 saturated carbocycles. The van der Waals surface area contributed by atoms with Gasteiger partial charge in [-0.2, -0.15) is 0 Å². The number of halogens is 4. The van der Waals surface area contributed by atoms with Crippen LogP contribution in [0.1, 0.15) is 19.4 Å². The maximum Gasteiger partial charge on any atom is 0.522 e. The van der Waals surface area contributed by atoms with Gasteiger partial charge in [0.2, 0.25) is 0 Å². The van der Waals surface area contributed by atoms with Crippen LogP contribution in [0.3, 0.4) is 0 Å². The zero-order valence-electron chi connectivity index (χ0n) is 12.0. The summed E-state index contributed by atoms with van der Waals surface area (Å²) in [4.78, 5) is 0. The fourth-order valence-electron chi connectivity index (χ4n) is 1.59. The van der Waals surface area contributed by atoms with Gasteiger partial charge in [-0.25, -0.2) is 0 Å². The maximum absolute atomic E-state index is 11.8. The maximum atomic E-state index is 11.8. The molecule has 1 N–H and O–H groups in total. The van der Waals surface area contributed by atoms with Gasteiger partial charge in [0.25, 0.3) is 0 Å². The van der Waals surface area contributed by atoms with Gasteiger partial charge in [-0.05, 0) is 30.2 Å². The number of benzene rings is 1. The lowest BCUT2D eigenvalue weighted by Crippen LogP contribution is -2.19. The first-order valence-electron chi connectivity index (χ1n) is 6.60. The van der Waals surface area contributed by atoms with Crippen molar-refractivity contribution in [1.82, 2.24) is 5.32 Å². The molecule has 0 unspecified atom stereocenters. The Morgan fingerprint density at radius 3 is 2.52 bits per heavy atom. The van der Waals surface area contributed by atoms with Gasteiger partial charge in [-0.3, -0.25) is 4.74 Å². The van der Waals surface area contributed by atoms with Crippen LogP contribution in [0, 0.1) is 5.92 Å². The van der Waals surface area contributed by atoms with Crippen molar-refractivity contribution in [3.05, 3.63) is 28.8 Å². The van der Waals surface area contributed by atoms with Crippen LogP contribution < -0.4 is 10.1 Å². The summed E-state index contributed by atoms with van der Waals surface area (Å²) in [6.07, 6.45) is -4.64. The molecule has 1 rings (SSSR count). The van der Waals surface area contributed by atoms with Crippen LogP contribution in [0.25, 0.3) is 0 Å². The highest BCUT2D eigenvalue weighted by atomic mass is 35.5. The minimum atomic E-state index is -4.64. The lowest BCUT2D eigenvalue weighted by Gasteiger charge is -2.12. The average Bonchev–Trinajstić information content (AvgIpc) is 2.35. The largest absolute Gasteiger partial charge is 0.522 e. The fourth-order valence-corrected chi connectivity index (χ4v) is 1.84. The van der Waals surface area contributed by atoms with Crippen molar-refractivity contribution in [1.29, 1.82) is 0 Å². The van der Waals surface area contributed by atoms with Crippen molar-refractivity contribution in [2.75, 3.05) is 19.8 Å². The van der Waals surface area contributed by atoms with Crippen LogP contribution in [0.15, 0.2) is 18.2 Å². The SMILES string of the molecule is CC(C)CNCc1ccc(OCCOC(F)(F)F)c(Cl)c1. The highest BCUT2D eigenvalue weighted by Crippen LogP contribution is 2.25. The van der Waals surface area contributed by atoms with Gasteiger partial charge in [0.05, 0.1) is 11.6 Å². The van der Waals surface area contributed by atoms with Gasteiger partial charge in [-0.15, -0.1) is 13.2 Å². The van der Waals surface area contributed by atoms with Crippen molar-refractivity contribution >= 4 is 11.6 Å². The molecule has 0 saturated heterocycles. The van der Waals surface area contributed by atoms with Gasteiger partial charge < -0.3 is 10.1 Å². The molecule has 0 fully saturated rings. The number of hydrogen-bond donors (Lipinski definition) is 1. The van der Waals surface area contributed by atoms with E-state index in [0.717, 1.165) is 12.1 Å². The van der Waals surface area contributed by atoms with E-state index in [1.54, 1.807) is 12.1 Å². The predicted octanol–water partition coefficient (Wildman–Crippen LogP) is 4.00. The van der Waals surface area contributed by atoms with Crippen molar-refractivity contribution < 1.29 is 22.6 Å². The van der Waals surface area contributed by atoms with Crippen LogP contribution in [0.5, 0.6) is 5.75 Å². The fraction of sp³-hybridized carbons (Fsp3) is 0.571. The summed E-state index contributed by atoms with van der Waals surface area (Å²) < 4.78 is 44.1. The van der Waals surface area contributed by atoms with E-state index in [2.05, 4.69) is 23.9 Å². The van der Waals surface area contributed by atoms with E-state index in [1.165, 1.54) is 0 Å². The molecule has 0 atom stereocenters. The molecule has 1 aromatic rings. The van der Waals surface area contributed by atoms with Crippen LogP contribution in [0.4, 0.5) is 13.2 Å². The molecule has 0 bridgehead atoms. The van der Waals surface area contributed by atoms with Crippen LogP contribution >= 0.6 is 11.6 Å². The van der Waals surface area contributed by atoms with Gasteiger partial charge in [0, 0.05) is 6.54 Å². The third-order valence-electron chi connectivity index (χ3n) is 2.48. The molecule has 21 heavy (non-hydrogen) atoms. The predicted molar refractivity (Wildman–Crippen MR) is 75.5 cm³/mol. The molecular weight excluding hydrogens is 307 g/mol. The van der Waals surface area contributed by atoms with Gasteiger partial charge in [0.1, 0.15) is 12.4 Å². The van der Waals surface area contributed by atoms with Crippen LogP contribution in [-0.4, -0.2) is 26.1 Å². The molecule has 0 aromatic heterocycles. The lowest BCUT2D eigenvalue weighted by molar-refractivity contribution is -0.325. The Kier molecular flexibility index (Phi) is 7.28. The Morgan fingerprint density at radius 1 is 1.24 bits per heavy atom. The first kappa shape index (κ1) is 18.1. The minimum absolute atomic E-state index is 0.218. The van der Waals surface area contributed by atoms with Gasteiger partial charge in [0.15, 0.2) is 0 Å². The second-order valence-electron chi connectivity index (χ2n) is 4.93. The number of nitrogens with one attached hydrogen (secondary N) is 1. The van der Waals surface area contributed by atoms with Gasteiger partial charge in [-0.1, -0.05) is 31.5 Å². The van der Waals surface area contributed by atoms with E-state index < -0.39 is 13.0 Å². The molecule has 0 aliphatic carbocycles. The summed E-state index contributed by atoms with van der Waals surface area (Å²) in [5.41, 5.74) is 0.986. The molecule has 0 aliphatic rings. The zero-order valence-corrected chi connectivity index (χ0v) is 12.7. The molecule has 7 heteroatoms. The summed E-state index contributed by atoms with van der Waals surface area (Å²) in [6, 6.07) is 5.19. The van der Waals surface area contributed by atoms with E-state index in [1.807, 2.05) is 6.07 Å². The third kappa shape index (κ3) is 8.14. The van der Waals surface area contributed by atoms with Gasteiger partial charge >= 0.3 is 6.36 Å². The third-order valence-corrected chi connectivity index (χ3v) is 2.78. The number of hydrogen-bond acceptors (Lipinski definition) is 3. The Hall–Kier alpha value is -0.980. The lowest BCUT2D eigenvalue weighted by atomic mass is 10.2. The minimum Gasteiger partial charge on any atom is -0.490 e. The summed E-state index contributed by atoms with van der Waals surface area (Å²) in [5.74, 6) is 0.895. The second kappa shape index (κ2) is 8.46. The normalized spacial score (nSPS) is 12.0. The molecule has 1 aromatic carbocycles. The monoisotopic (exact) mass is 325 g/mol. The Bertz CT molecular complexity index is 439. The number of ether oxygens (including phenoxy) is 2. The van der Waals surface area contributed by atoms with E-state index in [4.69, 9.17) is 16.3 Å². The number of rotatable bonds is 8. The molecular formula is C14H19ClF3NO2. The second-order valence-corrected chi connectivity index (χ2v) is 5.34. The highest BCUT2D eigenvalue weighted by Gasteiger charge is 2.28. The molecule has 0 amide bonds. The van der Waals surface area contributed by atoms with Crippen LogP contribution in [0.2, 0.25) is 5.02 Å². The summed E-state index contributed by atoms with van der Waals surface area (Å²) in [5, 5.41) is 3.64. The van der Waals surface area contributed by atoms with E-state index in [9.17, 15) is 13.2 Å². The van der Waals surface area contributed by atoms with Crippen molar-refractivity contribution in [3.8, 4) is 5.75 Å². The summed E-state index contributed by atoms with van der Waals surface area (Å²) in [7, 11) is 0. The first-order chi connectivity index (χ1) is 9.78. The average molecular weight is 326 g/mol. The van der Waals surface area contributed by atoms with Crippen molar-refractivity contribution in [2.45, 2.75) is 26.8 Å². The first-order valence-corrected chi connectivity index (χ1v) is 6.98. The van der Waals surface area contributed by atoms with Crippen molar-refractivity contribution in [2.24, 2.45) is 5.92 Å². The van der Waals surface area contributed by atoms with Crippen LogP contribution in [-0.2, 0) is 11.3 Å². The zero-order chi connectivity index (χ0) is 15.9. The Labute approximate surface area is 127 Å². The quantitative estimate of drug-likeness (QED) is 0.733. The topological polar surface area (TPSA) is 30.5 Å². The summed E-state index contributed by atoms with van der Waals surface area (Å²) >= 11 is 6.02. The van der Waals surface area contributed by atoms with Crippen molar-refractivity contribution in [3.63, 3.8) is 0 Å². The smallest absolute Gasteiger partial charge is 0.490 e. The van der Waals surface area contributed by atoms with E-state index in [-0.39, 0.29) is 6.61 Å². The molecule has 0 spiro atoms. The Balaban J connectivity index is 2.39. The number of alkyl halides is 3. The molecule has 0 aliphatic heterocycles. The molecule has 0 heterocycles. The standard InChI is InChI=1S/C14H19ClF3NO2/c1-10(2)8-19-9-11-3-4-13(12(15)7-11)20-5-6-21-14(16,17)18/h3-4,7,10,19H,5-6,8-9H2,1-2H3. The molecule has 120 valence electrons. The van der Waals surface area contributed by atoms with E-state index in [0.29, 0.717) is 23.2 Å². The summed E-state index contributed by atoms with van der Waals surface area (Å²) in [6.45, 7) is 5.00. The Morgan fingerprint density at radius 2 is 1.95 bits per heavy atom. The molecule has 0 radical (unpaired) electrons.